The first-order chi connectivity index (χ1) is 16.8. The Hall–Kier alpha value is -4.36. The molecule has 0 saturated carbocycles. The molecule has 0 fully saturated rings. The van der Waals surface area contributed by atoms with Gasteiger partial charge in [-0.1, -0.05) is 97.1 Å². The van der Waals surface area contributed by atoms with Gasteiger partial charge in [0.25, 0.3) is 0 Å². The maximum Gasteiger partial charge on any atom is 0.0553 e. The van der Waals surface area contributed by atoms with Crippen molar-refractivity contribution in [1.82, 2.24) is 4.57 Å². The number of nitrogens with zero attached hydrogens (tertiary/aromatic N) is 1. The largest absolute Gasteiger partial charge is 0.309 e. The molecule has 0 N–H and O–H groups in total. The van der Waals surface area contributed by atoms with E-state index in [0.717, 1.165) is 0 Å². The highest BCUT2D eigenvalue weighted by molar-refractivity contribution is 6.30. The fourth-order valence-electron chi connectivity index (χ4n) is 5.62. The molecule has 0 atom stereocenters. The third-order valence-corrected chi connectivity index (χ3v) is 7.09. The van der Waals surface area contributed by atoms with Crippen molar-refractivity contribution in [2.75, 3.05) is 0 Å². The highest BCUT2D eigenvalue weighted by Crippen LogP contribution is 2.44. The minimum atomic E-state index is 1.19. The van der Waals surface area contributed by atoms with Gasteiger partial charge >= 0.3 is 0 Å². The minimum absolute atomic E-state index is 1.19. The van der Waals surface area contributed by atoms with Gasteiger partial charge in [0.1, 0.15) is 0 Å². The Labute approximate surface area is 198 Å². The van der Waals surface area contributed by atoms with Crippen LogP contribution in [0.3, 0.4) is 0 Å². The molecular weight excluding hydrogens is 410 g/mol. The van der Waals surface area contributed by atoms with Gasteiger partial charge in [-0.2, -0.15) is 0 Å². The summed E-state index contributed by atoms with van der Waals surface area (Å²) in [5.74, 6) is 0. The third kappa shape index (κ3) is 2.67. The molecule has 34 heavy (non-hydrogen) atoms. The van der Waals surface area contributed by atoms with Crippen LogP contribution >= 0.6 is 0 Å². The van der Waals surface area contributed by atoms with E-state index < -0.39 is 0 Å². The molecule has 0 spiro atoms. The van der Waals surface area contributed by atoms with Gasteiger partial charge in [-0.15, -0.1) is 0 Å². The van der Waals surface area contributed by atoms with Crippen molar-refractivity contribution in [2.24, 2.45) is 0 Å². The van der Waals surface area contributed by atoms with Crippen molar-refractivity contribution in [3.8, 4) is 16.8 Å². The Morgan fingerprint density at radius 3 is 1.65 bits per heavy atom. The summed E-state index contributed by atoms with van der Waals surface area (Å²) in [6, 6.07) is 44.0. The van der Waals surface area contributed by atoms with Gasteiger partial charge in [0.2, 0.25) is 0 Å². The first-order valence-electron chi connectivity index (χ1n) is 11.8. The number of rotatable bonds is 2. The van der Waals surface area contributed by atoms with Crippen molar-refractivity contribution >= 4 is 43.4 Å². The second kappa shape index (κ2) is 7.33. The second-order valence-corrected chi connectivity index (χ2v) is 9.03. The summed E-state index contributed by atoms with van der Waals surface area (Å²) in [6.45, 7) is 2.22. The van der Waals surface area contributed by atoms with E-state index in [1.807, 2.05) is 0 Å². The van der Waals surface area contributed by atoms with Crippen molar-refractivity contribution in [3.05, 3.63) is 127 Å². The molecular formula is C33H23N. The average molecular weight is 434 g/mol. The van der Waals surface area contributed by atoms with Crippen LogP contribution in [0, 0.1) is 6.92 Å². The average Bonchev–Trinajstić information content (AvgIpc) is 3.23. The van der Waals surface area contributed by atoms with E-state index >= 15 is 0 Å². The molecule has 0 aliphatic rings. The van der Waals surface area contributed by atoms with Gasteiger partial charge in [0, 0.05) is 16.5 Å². The predicted molar refractivity (Wildman–Crippen MR) is 146 cm³/mol. The molecule has 0 aliphatic heterocycles. The number of para-hydroxylation sites is 1. The van der Waals surface area contributed by atoms with Crippen LogP contribution in [0.1, 0.15) is 5.56 Å². The summed E-state index contributed by atoms with van der Waals surface area (Å²) in [5.41, 5.74) is 7.50. The zero-order valence-corrected chi connectivity index (χ0v) is 19.0. The SMILES string of the molecule is Cc1cc2c(c3ccccc13)c1c3ccccc3c(-c3ccccc3)cc1n2-c1ccccc1. The topological polar surface area (TPSA) is 4.93 Å². The molecule has 6 aromatic carbocycles. The van der Waals surface area contributed by atoms with Crippen molar-refractivity contribution in [1.29, 1.82) is 0 Å². The van der Waals surface area contributed by atoms with Gasteiger partial charge in [0.15, 0.2) is 0 Å². The molecule has 7 aromatic rings. The van der Waals surface area contributed by atoms with Gasteiger partial charge in [-0.25, -0.2) is 0 Å². The normalized spacial score (nSPS) is 11.7. The molecule has 0 bridgehead atoms. The highest BCUT2D eigenvalue weighted by atomic mass is 15.0. The molecule has 0 saturated heterocycles. The van der Waals surface area contributed by atoms with E-state index in [0.29, 0.717) is 0 Å². The van der Waals surface area contributed by atoms with Crippen LogP contribution in [-0.2, 0) is 0 Å². The van der Waals surface area contributed by atoms with Crippen LogP contribution in [0.15, 0.2) is 121 Å². The van der Waals surface area contributed by atoms with E-state index in [2.05, 4.69) is 133 Å². The molecule has 0 radical (unpaired) electrons. The highest BCUT2D eigenvalue weighted by Gasteiger charge is 2.20. The number of benzene rings is 6. The van der Waals surface area contributed by atoms with E-state index in [4.69, 9.17) is 0 Å². The summed E-state index contributed by atoms with van der Waals surface area (Å²) in [6.07, 6.45) is 0. The van der Waals surface area contributed by atoms with Crippen LogP contribution in [0.2, 0.25) is 0 Å². The summed E-state index contributed by atoms with van der Waals surface area (Å²) < 4.78 is 2.45. The van der Waals surface area contributed by atoms with E-state index in [1.165, 1.54) is 65.7 Å². The van der Waals surface area contributed by atoms with Crippen molar-refractivity contribution in [2.45, 2.75) is 6.92 Å². The molecule has 1 heteroatoms. The number of hydrogen-bond donors (Lipinski definition) is 0. The van der Waals surface area contributed by atoms with Crippen LogP contribution in [-0.4, -0.2) is 4.57 Å². The second-order valence-electron chi connectivity index (χ2n) is 9.03. The van der Waals surface area contributed by atoms with Crippen LogP contribution in [0.4, 0.5) is 0 Å². The molecule has 1 heterocycles. The summed E-state index contributed by atoms with van der Waals surface area (Å²) in [4.78, 5) is 0. The first-order valence-corrected chi connectivity index (χ1v) is 11.8. The van der Waals surface area contributed by atoms with Gasteiger partial charge in [-0.3, -0.25) is 0 Å². The monoisotopic (exact) mass is 433 g/mol. The molecule has 1 aromatic heterocycles. The lowest BCUT2D eigenvalue weighted by atomic mass is 9.93. The lowest BCUT2D eigenvalue weighted by Gasteiger charge is -2.12. The first kappa shape index (κ1) is 19.1. The van der Waals surface area contributed by atoms with E-state index in [9.17, 15) is 0 Å². The van der Waals surface area contributed by atoms with Crippen molar-refractivity contribution < 1.29 is 0 Å². The molecule has 7 rings (SSSR count). The Morgan fingerprint density at radius 1 is 0.471 bits per heavy atom. The van der Waals surface area contributed by atoms with Gasteiger partial charge in [-0.05, 0) is 69.4 Å². The number of fused-ring (bicyclic) bond motifs is 7. The minimum Gasteiger partial charge on any atom is -0.309 e. The molecule has 160 valence electrons. The van der Waals surface area contributed by atoms with Crippen LogP contribution < -0.4 is 0 Å². The molecule has 0 aliphatic carbocycles. The summed E-state index contributed by atoms with van der Waals surface area (Å²) in [5, 5.41) is 7.87. The quantitative estimate of drug-likeness (QED) is 0.256. The zero-order valence-electron chi connectivity index (χ0n) is 19.0. The van der Waals surface area contributed by atoms with Crippen molar-refractivity contribution in [3.63, 3.8) is 0 Å². The standard InChI is InChI=1S/C33H23N/c1-22-20-30-32(27-18-10-8-16-25(22)27)33-28-19-11-9-17-26(28)29(23-12-4-2-5-13-23)21-31(33)34(30)24-14-6-3-7-15-24/h2-21H,1H3. The fourth-order valence-corrected chi connectivity index (χ4v) is 5.62. The maximum atomic E-state index is 2.45. The lowest BCUT2D eigenvalue weighted by Crippen LogP contribution is -1.94. The number of hydrogen-bond acceptors (Lipinski definition) is 0. The molecule has 0 unspecified atom stereocenters. The zero-order chi connectivity index (χ0) is 22.6. The predicted octanol–water partition coefficient (Wildman–Crippen LogP) is 9.07. The lowest BCUT2D eigenvalue weighted by molar-refractivity contribution is 1.18. The Bertz CT molecular complexity index is 1840. The Kier molecular flexibility index (Phi) is 4.13. The number of aromatic nitrogens is 1. The third-order valence-electron chi connectivity index (χ3n) is 7.09. The van der Waals surface area contributed by atoms with E-state index in [-0.39, 0.29) is 0 Å². The smallest absolute Gasteiger partial charge is 0.0553 e. The number of aryl methyl sites for hydroxylation is 1. The van der Waals surface area contributed by atoms with Gasteiger partial charge < -0.3 is 4.57 Å². The summed E-state index contributed by atoms with van der Waals surface area (Å²) in [7, 11) is 0. The van der Waals surface area contributed by atoms with Gasteiger partial charge in [0.05, 0.1) is 11.0 Å². The van der Waals surface area contributed by atoms with E-state index in [1.54, 1.807) is 0 Å². The fraction of sp³-hybridized carbons (Fsp3) is 0.0303. The maximum absolute atomic E-state index is 2.45. The molecule has 1 nitrogen and oxygen atoms in total. The Balaban J connectivity index is 1.80. The van der Waals surface area contributed by atoms with Crippen LogP contribution in [0.25, 0.3) is 60.2 Å². The Morgan fingerprint density at radius 2 is 0.971 bits per heavy atom. The van der Waals surface area contributed by atoms with Crippen LogP contribution in [0.5, 0.6) is 0 Å². The molecule has 0 amide bonds. The summed E-state index contributed by atoms with van der Waals surface area (Å²) >= 11 is 0.